The van der Waals surface area contributed by atoms with Crippen LogP contribution in [0.4, 0.5) is 0 Å². The molecule has 7 heteroatoms. The van der Waals surface area contributed by atoms with Gasteiger partial charge in [-0.05, 0) is 18.6 Å². The SMILES string of the molecule is CN=C(NCc1scnc1C)N(C)Cc1ccccc1Br.I. The van der Waals surface area contributed by atoms with Crippen molar-refractivity contribution in [2.45, 2.75) is 20.0 Å². The molecule has 0 saturated heterocycles. The lowest BCUT2D eigenvalue weighted by atomic mass is 10.2. The molecule has 0 unspecified atom stereocenters. The first kappa shape index (κ1) is 19.4. The fourth-order valence-corrected chi connectivity index (χ4v) is 3.12. The number of benzene rings is 1. The molecule has 0 aliphatic rings. The van der Waals surface area contributed by atoms with E-state index in [4.69, 9.17) is 0 Å². The summed E-state index contributed by atoms with van der Waals surface area (Å²) >= 11 is 5.25. The van der Waals surface area contributed by atoms with Gasteiger partial charge in [0, 0.05) is 30.0 Å². The second-order valence-electron chi connectivity index (χ2n) is 4.71. The number of aryl methyl sites for hydroxylation is 1. The highest BCUT2D eigenvalue weighted by atomic mass is 127. The zero-order valence-electron chi connectivity index (χ0n) is 12.8. The Labute approximate surface area is 161 Å². The van der Waals surface area contributed by atoms with Crippen LogP contribution >= 0.6 is 51.2 Å². The van der Waals surface area contributed by atoms with Gasteiger partial charge in [0.05, 0.1) is 17.7 Å². The average Bonchev–Trinajstić information content (AvgIpc) is 2.88. The normalized spacial score (nSPS) is 11.0. The van der Waals surface area contributed by atoms with Gasteiger partial charge in [-0.2, -0.15) is 0 Å². The van der Waals surface area contributed by atoms with Crippen molar-refractivity contribution in [1.29, 1.82) is 0 Å². The summed E-state index contributed by atoms with van der Waals surface area (Å²) in [7, 11) is 3.84. The minimum Gasteiger partial charge on any atom is -0.351 e. The van der Waals surface area contributed by atoms with E-state index in [1.54, 1.807) is 18.4 Å². The van der Waals surface area contributed by atoms with Crippen molar-refractivity contribution in [3.63, 3.8) is 0 Å². The van der Waals surface area contributed by atoms with E-state index >= 15 is 0 Å². The molecule has 22 heavy (non-hydrogen) atoms. The number of halogens is 2. The molecule has 4 nitrogen and oxygen atoms in total. The topological polar surface area (TPSA) is 40.5 Å². The molecule has 0 bridgehead atoms. The van der Waals surface area contributed by atoms with Crippen molar-refractivity contribution in [3.8, 4) is 0 Å². The van der Waals surface area contributed by atoms with Gasteiger partial charge >= 0.3 is 0 Å². The minimum atomic E-state index is 0. The first-order valence-electron chi connectivity index (χ1n) is 6.66. The quantitative estimate of drug-likeness (QED) is 0.396. The number of guanidine groups is 1. The Balaban J connectivity index is 0.00000242. The van der Waals surface area contributed by atoms with Crippen molar-refractivity contribution in [2.24, 2.45) is 4.99 Å². The highest BCUT2D eigenvalue weighted by molar-refractivity contribution is 14.0. The van der Waals surface area contributed by atoms with E-state index in [0.29, 0.717) is 0 Å². The molecular weight excluding hydrogens is 475 g/mol. The molecule has 0 amide bonds. The van der Waals surface area contributed by atoms with E-state index in [2.05, 4.69) is 48.3 Å². The van der Waals surface area contributed by atoms with Crippen LogP contribution in [0.15, 0.2) is 39.2 Å². The number of thiazole rings is 1. The number of hydrogen-bond acceptors (Lipinski definition) is 3. The predicted molar refractivity (Wildman–Crippen MR) is 108 cm³/mol. The lowest BCUT2D eigenvalue weighted by Crippen LogP contribution is -2.38. The van der Waals surface area contributed by atoms with Gasteiger partial charge < -0.3 is 10.2 Å². The molecule has 0 aliphatic carbocycles. The molecule has 1 aromatic heterocycles. The standard InChI is InChI=1S/C15H19BrN4S.HI/c1-11-14(21-10-19-11)8-18-15(17-2)20(3)9-12-6-4-5-7-13(12)16;/h4-7,10H,8-9H2,1-3H3,(H,17,18);1H. The van der Waals surface area contributed by atoms with E-state index in [9.17, 15) is 0 Å². The van der Waals surface area contributed by atoms with Gasteiger partial charge in [-0.3, -0.25) is 4.99 Å². The predicted octanol–water partition coefficient (Wildman–Crippen LogP) is 4.04. The summed E-state index contributed by atoms with van der Waals surface area (Å²) in [5, 5.41) is 3.38. The van der Waals surface area contributed by atoms with E-state index in [0.717, 1.165) is 29.2 Å². The highest BCUT2D eigenvalue weighted by Crippen LogP contribution is 2.17. The average molecular weight is 495 g/mol. The van der Waals surface area contributed by atoms with Gasteiger partial charge in [0.25, 0.3) is 0 Å². The molecule has 0 fully saturated rings. The Morgan fingerprint density at radius 2 is 2.14 bits per heavy atom. The molecule has 0 radical (unpaired) electrons. The summed E-state index contributed by atoms with van der Waals surface area (Å²) in [5.41, 5.74) is 4.19. The minimum absolute atomic E-state index is 0. The van der Waals surface area contributed by atoms with E-state index in [1.807, 2.05) is 31.6 Å². The molecule has 1 N–H and O–H groups in total. The van der Waals surface area contributed by atoms with Gasteiger partial charge in [0.15, 0.2) is 5.96 Å². The third-order valence-corrected chi connectivity index (χ3v) is 4.90. The van der Waals surface area contributed by atoms with Crippen LogP contribution < -0.4 is 5.32 Å². The first-order chi connectivity index (χ1) is 10.1. The molecule has 1 heterocycles. The number of aromatic nitrogens is 1. The van der Waals surface area contributed by atoms with Crippen LogP contribution in [0.2, 0.25) is 0 Å². The van der Waals surface area contributed by atoms with Gasteiger partial charge in [-0.15, -0.1) is 35.3 Å². The summed E-state index contributed by atoms with van der Waals surface area (Å²) in [4.78, 5) is 12.0. The van der Waals surface area contributed by atoms with Crippen LogP contribution in [0.3, 0.4) is 0 Å². The van der Waals surface area contributed by atoms with Crippen LogP contribution in [-0.2, 0) is 13.1 Å². The Kier molecular flexibility index (Phi) is 8.34. The molecule has 0 atom stereocenters. The second kappa shape index (κ2) is 9.46. The van der Waals surface area contributed by atoms with Crippen molar-refractivity contribution in [2.75, 3.05) is 14.1 Å². The van der Waals surface area contributed by atoms with Crippen LogP contribution in [0, 0.1) is 6.92 Å². The van der Waals surface area contributed by atoms with Crippen LogP contribution in [0.5, 0.6) is 0 Å². The molecule has 2 rings (SSSR count). The summed E-state index contributed by atoms with van der Waals surface area (Å²) in [6.07, 6.45) is 0. The monoisotopic (exact) mass is 494 g/mol. The molecule has 0 spiro atoms. The van der Waals surface area contributed by atoms with Gasteiger partial charge in [-0.1, -0.05) is 34.1 Å². The Morgan fingerprint density at radius 1 is 1.41 bits per heavy atom. The van der Waals surface area contributed by atoms with E-state index in [-0.39, 0.29) is 24.0 Å². The second-order valence-corrected chi connectivity index (χ2v) is 6.50. The van der Waals surface area contributed by atoms with Crippen LogP contribution in [0.25, 0.3) is 0 Å². The summed E-state index contributed by atoms with van der Waals surface area (Å²) in [6, 6.07) is 8.24. The number of nitrogens with zero attached hydrogens (tertiary/aromatic N) is 3. The van der Waals surface area contributed by atoms with Crippen LogP contribution in [0.1, 0.15) is 16.1 Å². The van der Waals surface area contributed by atoms with Gasteiger partial charge in [0.2, 0.25) is 0 Å². The number of hydrogen-bond donors (Lipinski definition) is 1. The summed E-state index contributed by atoms with van der Waals surface area (Å²) in [5.74, 6) is 0.874. The van der Waals surface area contributed by atoms with Crippen LogP contribution in [-0.4, -0.2) is 29.9 Å². The third-order valence-electron chi connectivity index (χ3n) is 3.19. The number of nitrogens with one attached hydrogen (secondary N) is 1. The highest BCUT2D eigenvalue weighted by Gasteiger charge is 2.09. The maximum atomic E-state index is 4.34. The number of rotatable bonds is 4. The lowest BCUT2D eigenvalue weighted by Gasteiger charge is -2.22. The van der Waals surface area contributed by atoms with Crippen molar-refractivity contribution in [3.05, 3.63) is 50.4 Å². The first-order valence-corrected chi connectivity index (χ1v) is 8.33. The fraction of sp³-hybridized carbons (Fsp3) is 0.333. The largest absolute Gasteiger partial charge is 0.351 e. The Morgan fingerprint density at radius 3 is 2.73 bits per heavy atom. The van der Waals surface area contributed by atoms with Gasteiger partial charge in [-0.25, -0.2) is 4.98 Å². The fourth-order valence-electron chi connectivity index (χ4n) is 2.00. The molecule has 0 aliphatic heterocycles. The zero-order chi connectivity index (χ0) is 15.2. The van der Waals surface area contributed by atoms with Crippen molar-refractivity contribution in [1.82, 2.24) is 15.2 Å². The van der Waals surface area contributed by atoms with E-state index in [1.165, 1.54) is 10.4 Å². The Hall–Kier alpha value is -0.670. The summed E-state index contributed by atoms with van der Waals surface area (Å²) in [6.45, 7) is 3.58. The smallest absolute Gasteiger partial charge is 0.193 e. The van der Waals surface area contributed by atoms with Crippen molar-refractivity contribution >= 4 is 57.2 Å². The maximum absolute atomic E-state index is 4.34. The Bertz CT molecular complexity index is 630. The summed E-state index contributed by atoms with van der Waals surface area (Å²) < 4.78 is 1.12. The maximum Gasteiger partial charge on any atom is 0.193 e. The van der Waals surface area contributed by atoms with Gasteiger partial charge in [0.1, 0.15) is 0 Å². The molecule has 1 aromatic carbocycles. The molecular formula is C15H20BrIN4S. The lowest BCUT2D eigenvalue weighted by molar-refractivity contribution is 0.476. The zero-order valence-corrected chi connectivity index (χ0v) is 17.6. The number of aliphatic imine (C=N–C) groups is 1. The van der Waals surface area contributed by atoms with E-state index < -0.39 is 0 Å². The van der Waals surface area contributed by atoms with Crippen molar-refractivity contribution < 1.29 is 0 Å². The molecule has 2 aromatic rings. The molecule has 120 valence electrons. The third kappa shape index (κ3) is 5.20. The molecule has 0 saturated carbocycles.